The Morgan fingerprint density at radius 2 is 2.36 bits per heavy atom. The first-order valence-electron chi connectivity index (χ1n) is 3.62. The summed E-state index contributed by atoms with van der Waals surface area (Å²) in [6.45, 7) is 0.954. The molecule has 1 aromatic carbocycles. The number of nitrogens with two attached hydrogens (primary N) is 1. The number of hydrogen-bond acceptors (Lipinski definition) is 3. The largest absolute Gasteiger partial charge is 0.399 e. The van der Waals surface area contributed by atoms with Crippen LogP contribution in [0.25, 0.3) is 0 Å². The number of nitrogen functional groups attached to an aromatic ring is 1. The Morgan fingerprint density at radius 3 is 3.18 bits per heavy atom. The Kier molecular flexibility index (Phi) is 1.26. The standard InChI is InChI=1S/C8H11N3/c1-11-5-6-2-3-7(9)4-8(6)10-11/h2-4,10H,5,9H2,1H3. The van der Waals surface area contributed by atoms with Gasteiger partial charge in [-0.05, 0) is 17.7 Å². The van der Waals surface area contributed by atoms with Gasteiger partial charge in [0.1, 0.15) is 0 Å². The zero-order valence-electron chi connectivity index (χ0n) is 6.46. The molecule has 0 saturated carbocycles. The van der Waals surface area contributed by atoms with Gasteiger partial charge in [-0.2, -0.15) is 0 Å². The lowest BCUT2D eigenvalue weighted by molar-refractivity contribution is 0.422. The maximum absolute atomic E-state index is 5.62. The van der Waals surface area contributed by atoms with Crippen molar-refractivity contribution in [2.45, 2.75) is 6.54 Å². The fourth-order valence-corrected chi connectivity index (χ4v) is 1.34. The summed E-state index contributed by atoms with van der Waals surface area (Å²) in [5, 5.41) is 2.03. The monoisotopic (exact) mass is 149 g/mol. The molecule has 58 valence electrons. The van der Waals surface area contributed by atoms with Crippen LogP contribution >= 0.6 is 0 Å². The first-order chi connectivity index (χ1) is 5.25. The van der Waals surface area contributed by atoms with Crippen LogP contribution in [0.3, 0.4) is 0 Å². The molecule has 2 rings (SSSR count). The molecule has 1 aliphatic heterocycles. The summed E-state index contributed by atoms with van der Waals surface area (Å²) in [6.07, 6.45) is 0. The van der Waals surface area contributed by atoms with Gasteiger partial charge in [-0.3, -0.25) is 0 Å². The summed E-state index contributed by atoms with van der Waals surface area (Å²) in [7, 11) is 2.01. The molecule has 0 aliphatic carbocycles. The summed E-state index contributed by atoms with van der Waals surface area (Å²) in [5.41, 5.74) is 12.1. The van der Waals surface area contributed by atoms with Gasteiger partial charge in [-0.15, -0.1) is 0 Å². The van der Waals surface area contributed by atoms with Crippen molar-refractivity contribution in [3.63, 3.8) is 0 Å². The van der Waals surface area contributed by atoms with E-state index in [1.165, 1.54) is 5.56 Å². The molecule has 0 aromatic heterocycles. The molecule has 1 heterocycles. The first-order valence-corrected chi connectivity index (χ1v) is 3.62. The average molecular weight is 149 g/mol. The summed E-state index contributed by atoms with van der Waals surface area (Å²) < 4.78 is 0. The third-order valence-electron chi connectivity index (χ3n) is 1.85. The van der Waals surface area contributed by atoms with Crippen molar-refractivity contribution in [2.75, 3.05) is 18.2 Å². The average Bonchev–Trinajstić information content (AvgIpc) is 2.27. The highest BCUT2D eigenvalue weighted by atomic mass is 15.5. The van der Waals surface area contributed by atoms with Crippen molar-refractivity contribution in [3.05, 3.63) is 23.8 Å². The van der Waals surface area contributed by atoms with Crippen LogP contribution in [0.15, 0.2) is 18.2 Å². The SMILES string of the molecule is CN1Cc2ccc(N)cc2N1. The lowest BCUT2D eigenvalue weighted by atomic mass is 10.2. The Bertz CT molecular complexity index is 283. The summed E-state index contributed by atoms with van der Waals surface area (Å²) in [6, 6.07) is 5.94. The van der Waals surface area contributed by atoms with Crippen LogP contribution in [-0.4, -0.2) is 12.1 Å². The third-order valence-corrected chi connectivity index (χ3v) is 1.85. The van der Waals surface area contributed by atoms with Gasteiger partial charge in [0.25, 0.3) is 0 Å². The molecule has 0 saturated heterocycles. The van der Waals surface area contributed by atoms with Gasteiger partial charge >= 0.3 is 0 Å². The highest BCUT2D eigenvalue weighted by Crippen LogP contribution is 2.25. The van der Waals surface area contributed by atoms with E-state index in [-0.39, 0.29) is 0 Å². The van der Waals surface area contributed by atoms with Crippen LogP contribution in [0.1, 0.15) is 5.56 Å². The minimum Gasteiger partial charge on any atom is -0.399 e. The molecule has 0 unspecified atom stereocenters. The highest BCUT2D eigenvalue weighted by molar-refractivity contribution is 5.61. The van der Waals surface area contributed by atoms with Crippen LogP contribution < -0.4 is 11.2 Å². The molecule has 0 radical (unpaired) electrons. The number of hydrazine groups is 1. The molecule has 0 spiro atoms. The molecule has 0 atom stereocenters. The smallest absolute Gasteiger partial charge is 0.0556 e. The van der Waals surface area contributed by atoms with Gasteiger partial charge < -0.3 is 11.2 Å². The number of nitrogens with zero attached hydrogens (tertiary/aromatic N) is 1. The van der Waals surface area contributed by atoms with Crippen molar-refractivity contribution < 1.29 is 0 Å². The second-order valence-corrected chi connectivity index (χ2v) is 2.88. The second-order valence-electron chi connectivity index (χ2n) is 2.88. The minimum absolute atomic E-state index is 0.812. The molecular formula is C8H11N3. The van der Waals surface area contributed by atoms with Gasteiger partial charge in [0.15, 0.2) is 0 Å². The van der Waals surface area contributed by atoms with Crippen molar-refractivity contribution in [3.8, 4) is 0 Å². The number of rotatable bonds is 0. The Morgan fingerprint density at radius 1 is 1.55 bits per heavy atom. The number of anilines is 2. The molecule has 0 fully saturated rings. The van der Waals surface area contributed by atoms with Gasteiger partial charge in [-0.25, -0.2) is 5.01 Å². The molecule has 0 bridgehead atoms. The molecule has 11 heavy (non-hydrogen) atoms. The van der Waals surface area contributed by atoms with Crippen LogP contribution in [0.2, 0.25) is 0 Å². The molecule has 0 amide bonds. The molecular weight excluding hydrogens is 138 g/mol. The number of benzene rings is 1. The number of nitrogens with one attached hydrogen (secondary N) is 1. The van der Waals surface area contributed by atoms with Crippen LogP contribution in [0, 0.1) is 0 Å². The van der Waals surface area contributed by atoms with Crippen molar-refractivity contribution >= 4 is 11.4 Å². The summed E-state index contributed by atoms with van der Waals surface area (Å²) in [5.74, 6) is 0. The summed E-state index contributed by atoms with van der Waals surface area (Å²) >= 11 is 0. The van der Waals surface area contributed by atoms with E-state index in [2.05, 4.69) is 11.5 Å². The topological polar surface area (TPSA) is 41.3 Å². The maximum atomic E-state index is 5.62. The second kappa shape index (κ2) is 2.13. The van der Waals surface area contributed by atoms with Gasteiger partial charge in [0.05, 0.1) is 5.69 Å². The fourth-order valence-electron chi connectivity index (χ4n) is 1.34. The van der Waals surface area contributed by atoms with E-state index in [0.29, 0.717) is 0 Å². The van der Waals surface area contributed by atoms with Crippen molar-refractivity contribution in [1.82, 2.24) is 5.01 Å². The van der Waals surface area contributed by atoms with Gasteiger partial charge in [0.2, 0.25) is 0 Å². The van der Waals surface area contributed by atoms with E-state index in [1.54, 1.807) is 0 Å². The Hall–Kier alpha value is -1.22. The van der Waals surface area contributed by atoms with Gasteiger partial charge in [-0.1, -0.05) is 6.07 Å². The van der Waals surface area contributed by atoms with Crippen molar-refractivity contribution in [2.24, 2.45) is 0 Å². The maximum Gasteiger partial charge on any atom is 0.0556 e. The lowest BCUT2D eigenvalue weighted by Gasteiger charge is -2.06. The quantitative estimate of drug-likeness (QED) is 0.541. The van der Waals surface area contributed by atoms with E-state index < -0.39 is 0 Å². The van der Waals surface area contributed by atoms with E-state index in [1.807, 2.05) is 24.2 Å². The van der Waals surface area contributed by atoms with Crippen LogP contribution in [0.5, 0.6) is 0 Å². The zero-order chi connectivity index (χ0) is 7.84. The minimum atomic E-state index is 0.812. The molecule has 1 aliphatic rings. The predicted octanol–water partition coefficient (Wildman–Crippen LogP) is 1.04. The molecule has 1 aromatic rings. The van der Waals surface area contributed by atoms with E-state index in [0.717, 1.165) is 17.9 Å². The Labute approximate surface area is 65.8 Å². The molecule has 3 N–H and O–H groups in total. The van der Waals surface area contributed by atoms with E-state index >= 15 is 0 Å². The highest BCUT2D eigenvalue weighted by Gasteiger charge is 2.13. The Balaban J connectivity index is 2.43. The van der Waals surface area contributed by atoms with Crippen LogP contribution in [0.4, 0.5) is 11.4 Å². The predicted molar refractivity (Wildman–Crippen MR) is 45.9 cm³/mol. The van der Waals surface area contributed by atoms with Crippen molar-refractivity contribution in [1.29, 1.82) is 0 Å². The van der Waals surface area contributed by atoms with E-state index in [9.17, 15) is 0 Å². The van der Waals surface area contributed by atoms with Gasteiger partial charge in [0, 0.05) is 19.3 Å². The fraction of sp³-hybridized carbons (Fsp3) is 0.250. The lowest BCUT2D eigenvalue weighted by Crippen LogP contribution is -2.16. The first kappa shape index (κ1) is 6.49. The normalized spacial score (nSPS) is 16.1. The molecule has 3 heteroatoms. The van der Waals surface area contributed by atoms with Crippen LogP contribution in [-0.2, 0) is 6.54 Å². The number of fused-ring (bicyclic) bond motifs is 1. The number of hydrogen-bond donors (Lipinski definition) is 2. The summed E-state index contributed by atoms with van der Waals surface area (Å²) in [4.78, 5) is 0. The molecule has 3 nitrogen and oxygen atoms in total. The third kappa shape index (κ3) is 1.03. The van der Waals surface area contributed by atoms with E-state index in [4.69, 9.17) is 5.73 Å². The zero-order valence-corrected chi connectivity index (χ0v) is 6.46.